The van der Waals surface area contributed by atoms with Crippen LogP contribution in [0, 0.1) is 13.8 Å². The second-order valence-electron chi connectivity index (χ2n) is 6.65. The van der Waals surface area contributed by atoms with Crippen LogP contribution in [0.1, 0.15) is 40.8 Å². The molecule has 0 fully saturated rings. The van der Waals surface area contributed by atoms with E-state index in [-0.39, 0.29) is 6.04 Å². The van der Waals surface area contributed by atoms with E-state index in [1.807, 2.05) is 0 Å². The molecule has 1 nitrogen and oxygen atoms in total. The Balaban J connectivity index is 1.83. The molecule has 0 spiro atoms. The standard InChI is InChI=1S/C22H21N/c1-14-6-5-7-18(10-14)21-13-23-17(4)19-9-8-15(2)11-20(19)22(23)12-16(21)3/h5-13,22H,4H2,1-3H3. The maximum Gasteiger partial charge on any atom is 0.0782 e. The summed E-state index contributed by atoms with van der Waals surface area (Å²) in [6, 6.07) is 15.7. The second kappa shape index (κ2) is 4.99. The Morgan fingerprint density at radius 3 is 2.52 bits per heavy atom. The predicted octanol–water partition coefficient (Wildman–Crippen LogP) is 5.63. The fourth-order valence-electron chi connectivity index (χ4n) is 3.66. The van der Waals surface area contributed by atoms with Gasteiger partial charge < -0.3 is 4.90 Å². The lowest BCUT2D eigenvalue weighted by Gasteiger charge is -2.29. The third kappa shape index (κ3) is 2.16. The van der Waals surface area contributed by atoms with Crippen molar-refractivity contribution in [3.63, 3.8) is 0 Å². The van der Waals surface area contributed by atoms with E-state index >= 15 is 0 Å². The highest BCUT2D eigenvalue weighted by atomic mass is 15.2. The third-order valence-electron chi connectivity index (χ3n) is 4.88. The molecule has 2 aliphatic rings. The summed E-state index contributed by atoms with van der Waals surface area (Å²) in [5, 5.41) is 0. The lowest BCUT2D eigenvalue weighted by atomic mass is 9.92. The van der Waals surface area contributed by atoms with Crippen LogP contribution in [-0.4, -0.2) is 4.90 Å². The van der Waals surface area contributed by atoms with Gasteiger partial charge in [-0.3, -0.25) is 0 Å². The first-order chi connectivity index (χ1) is 11.0. The molecule has 0 aromatic heterocycles. The molecule has 0 N–H and O–H groups in total. The molecule has 2 heterocycles. The normalized spacial score (nSPS) is 19.2. The van der Waals surface area contributed by atoms with Crippen LogP contribution in [0.3, 0.4) is 0 Å². The first kappa shape index (κ1) is 14.1. The Kier molecular flexibility index (Phi) is 3.05. The van der Waals surface area contributed by atoms with Crippen molar-refractivity contribution in [1.29, 1.82) is 0 Å². The average molecular weight is 299 g/mol. The predicted molar refractivity (Wildman–Crippen MR) is 97.7 cm³/mol. The number of rotatable bonds is 1. The van der Waals surface area contributed by atoms with Crippen LogP contribution < -0.4 is 0 Å². The zero-order chi connectivity index (χ0) is 16.1. The molecular formula is C22H21N. The van der Waals surface area contributed by atoms with Crippen molar-refractivity contribution in [3.05, 3.63) is 94.7 Å². The Hall–Kier alpha value is -2.54. The van der Waals surface area contributed by atoms with Gasteiger partial charge in [-0.15, -0.1) is 0 Å². The number of allylic oxidation sites excluding steroid dienone is 2. The van der Waals surface area contributed by atoms with Crippen LogP contribution in [0.5, 0.6) is 0 Å². The minimum atomic E-state index is 0.283. The van der Waals surface area contributed by atoms with Crippen molar-refractivity contribution < 1.29 is 0 Å². The molecule has 0 aliphatic carbocycles. The van der Waals surface area contributed by atoms with Gasteiger partial charge in [0.15, 0.2) is 0 Å². The van der Waals surface area contributed by atoms with Crippen molar-refractivity contribution >= 4 is 11.3 Å². The average Bonchev–Trinajstić information content (AvgIpc) is 2.78. The molecule has 4 rings (SSSR count). The number of benzene rings is 2. The number of hydrogen-bond donors (Lipinski definition) is 0. The maximum atomic E-state index is 4.33. The van der Waals surface area contributed by atoms with Crippen molar-refractivity contribution in [2.24, 2.45) is 0 Å². The van der Waals surface area contributed by atoms with Gasteiger partial charge in [0.05, 0.1) is 6.04 Å². The van der Waals surface area contributed by atoms with Crippen molar-refractivity contribution in [1.82, 2.24) is 4.90 Å². The van der Waals surface area contributed by atoms with E-state index in [0.717, 1.165) is 5.70 Å². The summed E-state index contributed by atoms with van der Waals surface area (Å²) >= 11 is 0. The second-order valence-corrected chi connectivity index (χ2v) is 6.65. The van der Waals surface area contributed by atoms with Crippen LogP contribution in [0.25, 0.3) is 11.3 Å². The number of nitrogens with zero attached hydrogens (tertiary/aromatic N) is 1. The molecule has 0 radical (unpaired) electrons. The molecule has 23 heavy (non-hydrogen) atoms. The number of hydrogen-bond acceptors (Lipinski definition) is 1. The first-order valence-corrected chi connectivity index (χ1v) is 8.10. The van der Waals surface area contributed by atoms with Crippen LogP contribution >= 0.6 is 0 Å². The van der Waals surface area contributed by atoms with Gasteiger partial charge in [-0.05, 0) is 37.5 Å². The topological polar surface area (TPSA) is 3.24 Å². The van der Waals surface area contributed by atoms with Crippen LogP contribution in [0.2, 0.25) is 0 Å². The molecular weight excluding hydrogens is 278 g/mol. The summed E-state index contributed by atoms with van der Waals surface area (Å²) in [7, 11) is 0. The van der Waals surface area contributed by atoms with E-state index in [1.54, 1.807) is 0 Å². The molecule has 2 aromatic carbocycles. The van der Waals surface area contributed by atoms with E-state index in [1.165, 1.54) is 39.0 Å². The van der Waals surface area contributed by atoms with Gasteiger partial charge in [-0.25, -0.2) is 0 Å². The molecule has 0 amide bonds. The van der Waals surface area contributed by atoms with E-state index in [4.69, 9.17) is 0 Å². The summed E-state index contributed by atoms with van der Waals surface area (Å²) < 4.78 is 0. The zero-order valence-electron chi connectivity index (χ0n) is 13.9. The fourth-order valence-corrected chi connectivity index (χ4v) is 3.66. The molecule has 114 valence electrons. The molecule has 0 saturated heterocycles. The van der Waals surface area contributed by atoms with E-state index < -0.39 is 0 Å². The Bertz CT molecular complexity index is 883. The molecule has 0 bridgehead atoms. The van der Waals surface area contributed by atoms with Gasteiger partial charge in [0.25, 0.3) is 0 Å². The highest BCUT2D eigenvalue weighted by Gasteiger charge is 2.33. The van der Waals surface area contributed by atoms with Gasteiger partial charge >= 0.3 is 0 Å². The van der Waals surface area contributed by atoms with Gasteiger partial charge in [0, 0.05) is 23.0 Å². The highest BCUT2D eigenvalue weighted by molar-refractivity contribution is 5.84. The van der Waals surface area contributed by atoms with Gasteiger partial charge in [0.2, 0.25) is 0 Å². The molecule has 0 saturated carbocycles. The quantitative estimate of drug-likeness (QED) is 0.659. The summed E-state index contributed by atoms with van der Waals surface area (Å²) in [6.45, 7) is 10.8. The highest BCUT2D eigenvalue weighted by Crippen LogP contribution is 2.46. The Morgan fingerprint density at radius 2 is 1.74 bits per heavy atom. The minimum Gasteiger partial charge on any atom is -0.336 e. The fraction of sp³-hybridized carbons (Fsp3) is 0.182. The van der Waals surface area contributed by atoms with Gasteiger partial charge in [0.1, 0.15) is 0 Å². The lowest BCUT2D eigenvalue weighted by molar-refractivity contribution is 0.482. The molecule has 1 heteroatoms. The summed E-state index contributed by atoms with van der Waals surface area (Å²) in [4.78, 5) is 2.31. The summed E-state index contributed by atoms with van der Waals surface area (Å²) in [5.41, 5.74) is 10.2. The third-order valence-corrected chi connectivity index (χ3v) is 4.88. The summed E-state index contributed by atoms with van der Waals surface area (Å²) in [5.74, 6) is 0. The smallest absolute Gasteiger partial charge is 0.0782 e. The van der Waals surface area contributed by atoms with Gasteiger partial charge in [-0.2, -0.15) is 0 Å². The summed E-state index contributed by atoms with van der Waals surface area (Å²) in [6.07, 6.45) is 4.64. The monoisotopic (exact) mass is 299 g/mol. The number of aryl methyl sites for hydroxylation is 2. The van der Waals surface area contributed by atoms with Crippen LogP contribution in [-0.2, 0) is 0 Å². The lowest BCUT2D eigenvalue weighted by Crippen LogP contribution is -2.17. The van der Waals surface area contributed by atoms with Gasteiger partial charge in [-0.1, -0.05) is 66.2 Å². The van der Waals surface area contributed by atoms with Crippen LogP contribution in [0.15, 0.2) is 66.9 Å². The Morgan fingerprint density at radius 1 is 0.957 bits per heavy atom. The molecule has 2 aromatic rings. The molecule has 1 atom stereocenters. The first-order valence-electron chi connectivity index (χ1n) is 8.10. The minimum absolute atomic E-state index is 0.283. The van der Waals surface area contributed by atoms with E-state index in [2.05, 4.69) is 87.0 Å². The number of fused-ring (bicyclic) bond motifs is 3. The van der Waals surface area contributed by atoms with E-state index in [0.29, 0.717) is 0 Å². The van der Waals surface area contributed by atoms with E-state index in [9.17, 15) is 0 Å². The SMILES string of the molecule is C=C1c2ccc(C)cc2C2C=C(C)C(c3cccc(C)c3)=CN12. The van der Waals surface area contributed by atoms with Crippen molar-refractivity contribution in [3.8, 4) is 0 Å². The maximum absolute atomic E-state index is 4.33. The van der Waals surface area contributed by atoms with Crippen molar-refractivity contribution in [2.45, 2.75) is 26.8 Å². The molecule has 2 aliphatic heterocycles. The Labute approximate surface area is 138 Å². The zero-order valence-corrected chi connectivity index (χ0v) is 13.9. The molecule has 1 unspecified atom stereocenters. The largest absolute Gasteiger partial charge is 0.336 e. The van der Waals surface area contributed by atoms with Crippen LogP contribution in [0.4, 0.5) is 0 Å². The van der Waals surface area contributed by atoms with Crippen molar-refractivity contribution in [2.75, 3.05) is 0 Å².